The summed E-state index contributed by atoms with van der Waals surface area (Å²) in [4.78, 5) is 5.44. The molecule has 1 aromatic heterocycles. The van der Waals surface area contributed by atoms with E-state index in [1.54, 1.807) is 18.4 Å². The molecule has 2 N–H and O–H groups in total. The van der Waals surface area contributed by atoms with Crippen molar-refractivity contribution in [2.45, 2.75) is 12.3 Å². The first-order chi connectivity index (χ1) is 5.85. The number of methoxy groups -OCH3 is 1. The molecule has 12 heavy (non-hydrogen) atoms. The molecule has 1 heterocycles. The fourth-order valence-corrected chi connectivity index (χ4v) is 2.33. The standard InChI is InChI=1S/C8H12N2OS/c1-11-8-10-4-7(12-8)6-2-5(6)3-9/h4-6H,2-3,9H2,1H3. The molecule has 0 spiro atoms. The van der Waals surface area contributed by atoms with Crippen molar-refractivity contribution in [1.29, 1.82) is 0 Å². The number of hydrogen-bond donors (Lipinski definition) is 1. The number of nitrogens with zero attached hydrogens (tertiary/aromatic N) is 1. The number of thiazole rings is 1. The van der Waals surface area contributed by atoms with Crippen molar-refractivity contribution in [2.75, 3.05) is 13.7 Å². The first-order valence-corrected chi connectivity index (χ1v) is 4.86. The van der Waals surface area contributed by atoms with E-state index in [4.69, 9.17) is 10.5 Å². The normalized spacial score (nSPS) is 27.2. The van der Waals surface area contributed by atoms with Crippen LogP contribution in [0.1, 0.15) is 17.2 Å². The predicted octanol–water partition coefficient (Wildman–Crippen LogP) is 1.21. The van der Waals surface area contributed by atoms with Gasteiger partial charge in [0.2, 0.25) is 0 Å². The first-order valence-electron chi connectivity index (χ1n) is 4.05. The van der Waals surface area contributed by atoms with Crippen LogP contribution >= 0.6 is 11.3 Å². The third-order valence-electron chi connectivity index (χ3n) is 2.27. The summed E-state index contributed by atoms with van der Waals surface area (Å²) in [5, 5.41) is 0.757. The Morgan fingerprint density at radius 3 is 3.17 bits per heavy atom. The Balaban J connectivity index is 2.05. The van der Waals surface area contributed by atoms with Crippen molar-refractivity contribution in [3.8, 4) is 5.19 Å². The summed E-state index contributed by atoms with van der Waals surface area (Å²) in [6, 6.07) is 0. The lowest BCUT2D eigenvalue weighted by atomic mass is 10.3. The minimum Gasteiger partial charge on any atom is -0.473 e. The summed E-state index contributed by atoms with van der Waals surface area (Å²) in [6.07, 6.45) is 3.13. The highest BCUT2D eigenvalue weighted by Crippen LogP contribution is 2.49. The molecule has 3 nitrogen and oxygen atoms in total. The second kappa shape index (κ2) is 3.03. The van der Waals surface area contributed by atoms with E-state index in [0.717, 1.165) is 11.7 Å². The number of nitrogens with two attached hydrogens (primary N) is 1. The zero-order valence-electron chi connectivity index (χ0n) is 6.99. The van der Waals surface area contributed by atoms with Gasteiger partial charge in [-0.05, 0) is 24.8 Å². The second-order valence-electron chi connectivity index (χ2n) is 3.07. The molecule has 66 valence electrons. The van der Waals surface area contributed by atoms with E-state index in [2.05, 4.69) is 4.98 Å². The molecule has 2 atom stereocenters. The Morgan fingerprint density at radius 2 is 2.67 bits per heavy atom. The Bertz CT molecular complexity index is 274. The number of aromatic nitrogens is 1. The summed E-state index contributed by atoms with van der Waals surface area (Å²) in [6.45, 7) is 0.797. The zero-order chi connectivity index (χ0) is 8.55. The van der Waals surface area contributed by atoms with Crippen LogP contribution < -0.4 is 10.5 Å². The molecular weight excluding hydrogens is 172 g/mol. The van der Waals surface area contributed by atoms with Crippen LogP contribution in [0.5, 0.6) is 5.19 Å². The van der Waals surface area contributed by atoms with E-state index < -0.39 is 0 Å². The number of hydrogen-bond acceptors (Lipinski definition) is 4. The van der Waals surface area contributed by atoms with Gasteiger partial charge in [-0.1, -0.05) is 11.3 Å². The average Bonchev–Trinajstić information content (AvgIpc) is 2.75. The molecule has 0 aromatic carbocycles. The van der Waals surface area contributed by atoms with Gasteiger partial charge in [-0.15, -0.1) is 0 Å². The molecule has 0 aliphatic heterocycles. The molecule has 0 amide bonds. The van der Waals surface area contributed by atoms with E-state index in [-0.39, 0.29) is 0 Å². The molecule has 4 heteroatoms. The highest BCUT2D eigenvalue weighted by Gasteiger charge is 2.38. The van der Waals surface area contributed by atoms with Gasteiger partial charge >= 0.3 is 0 Å². The van der Waals surface area contributed by atoms with Crippen LogP contribution in [0.4, 0.5) is 0 Å². The Kier molecular flexibility index (Phi) is 2.02. The van der Waals surface area contributed by atoms with E-state index >= 15 is 0 Å². The fraction of sp³-hybridized carbons (Fsp3) is 0.625. The average molecular weight is 184 g/mol. The minimum absolute atomic E-state index is 0.663. The van der Waals surface area contributed by atoms with Crippen LogP contribution in [0.2, 0.25) is 0 Å². The molecule has 1 fully saturated rings. The van der Waals surface area contributed by atoms with Gasteiger partial charge in [0, 0.05) is 11.1 Å². The third kappa shape index (κ3) is 1.32. The fourth-order valence-electron chi connectivity index (χ4n) is 1.39. The van der Waals surface area contributed by atoms with Crippen LogP contribution in [0, 0.1) is 5.92 Å². The SMILES string of the molecule is COc1ncc(C2CC2CN)s1. The van der Waals surface area contributed by atoms with Crippen LogP contribution in [-0.4, -0.2) is 18.6 Å². The van der Waals surface area contributed by atoms with Gasteiger partial charge in [-0.2, -0.15) is 0 Å². The number of ether oxygens (including phenoxy) is 1. The van der Waals surface area contributed by atoms with Gasteiger partial charge in [-0.25, -0.2) is 4.98 Å². The summed E-state index contributed by atoms with van der Waals surface area (Å²) in [7, 11) is 1.65. The number of rotatable bonds is 3. The van der Waals surface area contributed by atoms with E-state index in [1.807, 2.05) is 6.20 Å². The maximum atomic E-state index is 5.55. The Morgan fingerprint density at radius 1 is 1.83 bits per heavy atom. The van der Waals surface area contributed by atoms with Crippen molar-refractivity contribution in [1.82, 2.24) is 4.98 Å². The lowest BCUT2D eigenvalue weighted by Crippen LogP contribution is -2.01. The maximum Gasteiger partial charge on any atom is 0.273 e. The molecule has 1 aliphatic carbocycles. The van der Waals surface area contributed by atoms with E-state index in [9.17, 15) is 0 Å². The van der Waals surface area contributed by atoms with E-state index in [0.29, 0.717) is 11.8 Å². The summed E-state index contributed by atoms with van der Waals surface area (Å²) in [5.41, 5.74) is 5.55. The van der Waals surface area contributed by atoms with Crippen LogP contribution in [0.15, 0.2) is 6.20 Å². The van der Waals surface area contributed by atoms with Crippen LogP contribution in [0.3, 0.4) is 0 Å². The summed E-state index contributed by atoms with van der Waals surface area (Å²) >= 11 is 1.63. The van der Waals surface area contributed by atoms with Gasteiger partial charge < -0.3 is 10.5 Å². The molecule has 0 bridgehead atoms. The molecule has 2 unspecified atom stereocenters. The van der Waals surface area contributed by atoms with Gasteiger partial charge in [-0.3, -0.25) is 0 Å². The zero-order valence-corrected chi connectivity index (χ0v) is 7.80. The lowest BCUT2D eigenvalue weighted by Gasteiger charge is -1.90. The Labute approximate surface area is 75.6 Å². The highest BCUT2D eigenvalue weighted by atomic mass is 32.1. The molecule has 1 aliphatic rings. The van der Waals surface area contributed by atoms with Gasteiger partial charge in [0.1, 0.15) is 0 Å². The van der Waals surface area contributed by atoms with Crippen LogP contribution in [-0.2, 0) is 0 Å². The van der Waals surface area contributed by atoms with Crippen LogP contribution in [0.25, 0.3) is 0 Å². The lowest BCUT2D eigenvalue weighted by molar-refractivity contribution is 0.412. The smallest absolute Gasteiger partial charge is 0.273 e. The largest absolute Gasteiger partial charge is 0.473 e. The van der Waals surface area contributed by atoms with Gasteiger partial charge in [0.05, 0.1) is 7.11 Å². The molecule has 0 saturated heterocycles. The van der Waals surface area contributed by atoms with Crippen molar-refractivity contribution < 1.29 is 4.74 Å². The molecule has 2 rings (SSSR count). The quantitative estimate of drug-likeness (QED) is 0.768. The van der Waals surface area contributed by atoms with Gasteiger partial charge in [0.15, 0.2) is 0 Å². The molecular formula is C8H12N2OS. The minimum atomic E-state index is 0.663. The monoisotopic (exact) mass is 184 g/mol. The summed E-state index contributed by atoms with van der Waals surface area (Å²) in [5.74, 6) is 1.35. The molecule has 0 radical (unpaired) electrons. The van der Waals surface area contributed by atoms with Crippen molar-refractivity contribution in [3.63, 3.8) is 0 Å². The highest BCUT2D eigenvalue weighted by molar-refractivity contribution is 7.13. The Hall–Kier alpha value is -0.610. The van der Waals surface area contributed by atoms with E-state index in [1.165, 1.54) is 11.3 Å². The summed E-state index contributed by atoms with van der Waals surface area (Å²) < 4.78 is 5.02. The maximum absolute atomic E-state index is 5.55. The first kappa shape index (κ1) is 8.01. The second-order valence-corrected chi connectivity index (χ2v) is 4.10. The molecule has 1 aromatic rings. The van der Waals surface area contributed by atoms with Crippen molar-refractivity contribution in [3.05, 3.63) is 11.1 Å². The third-order valence-corrected chi connectivity index (χ3v) is 3.36. The van der Waals surface area contributed by atoms with Crippen molar-refractivity contribution >= 4 is 11.3 Å². The van der Waals surface area contributed by atoms with Crippen molar-refractivity contribution in [2.24, 2.45) is 11.7 Å². The molecule has 1 saturated carbocycles. The topological polar surface area (TPSA) is 48.1 Å². The van der Waals surface area contributed by atoms with Gasteiger partial charge in [0.25, 0.3) is 5.19 Å². The predicted molar refractivity (Wildman–Crippen MR) is 48.6 cm³/mol.